The minimum Gasteiger partial charge on any atom is -0.468 e. The molecule has 3 heterocycles. The van der Waals surface area contributed by atoms with Gasteiger partial charge in [-0.15, -0.1) is 11.3 Å². The summed E-state index contributed by atoms with van der Waals surface area (Å²) in [6.45, 7) is 11.5. The zero-order valence-electron chi connectivity index (χ0n) is 18.8. The first-order valence-corrected chi connectivity index (χ1v) is 11.8. The molecule has 0 saturated carbocycles. The third-order valence-electron chi connectivity index (χ3n) is 5.22. The van der Waals surface area contributed by atoms with Crippen molar-refractivity contribution in [3.05, 3.63) is 39.7 Å². The van der Waals surface area contributed by atoms with Crippen LogP contribution in [0.2, 0.25) is 0 Å². The maximum Gasteiger partial charge on any atom is 0.350 e. The molecule has 2 N–H and O–H groups in total. The SMILES string of the molecule is CCNC(=NCC(c1ccco1)N1CCCC1)NC(C)c1nc(C)c(C(=O)OCC)s1. The van der Waals surface area contributed by atoms with Crippen molar-refractivity contribution in [3.63, 3.8) is 0 Å². The molecule has 170 valence electrons. The molecule has 8 nitrogen and oxygen atoms in total. The Kier molecular flexibility index (Phi) is 8.48. The van der Waals surface area contributed by atoms with E-state index in [9.17, 15) is 4.79 Å². The van der Waals surface area contributed by atoms with Crippen molar-refractivity contribution in [1.82, 2.24) is 20.5 Å². The molecule has 0 spiro atoms. The van der Waals surface area contributed by atoms with E-state index in [0.717, 1.165) is 36.4 Å². The predicted molar refractivity (Wildman–Crippen MR) is 123 cm³/mol. The third kappa shape index (κ3) is 6.07. The highest BCUT2D eigenvalue weighted by Gasteiger charge is 2.26. The van der Waals surface area contributed by atoms with Crippen LogP contribution in [0.15, 0.2) is 27.8 Å². The van der Waals surface area contributed by atoms with Crippen molar-refractivity contribution in [3.8, 4) is 0 Å². The Labute approximate surface area is 188 Å². The highest BCUT2D eigenvalue weighted by molar-refractivity contribution is 7.13. The third-order valence-corrected chi connectivity index (χ3v) is 6.54. The van der Waals surface area contributed by atoms with Crippen LogP contribution in [0.1, 0.15) is 71.8 Å². The number of ether oxygens (including phenoxy) is 1. The maximum atomic E-state index is 12.1. The summed E-state index contributed by atoms with van der Waals surface area (Å²) in [5, 5.41) is 7.56. The number of carbonyl (C=O) groups is 1. The molecule has 2 aromatic heterocycles. The molecule has 2 aromatic rings. The number of aryl methyl sites for hydroxylation is 1. The van der Waals surface area contributed by atoms with Crippen LogP contribution in [0.5, 0.6) is 0 Å². The normalized spacial score (nSPS) is 16.8. The van der Waals surface area contributed by atoms with Gasteiger partial charge in [0.2, 0.25) is 0 Å². The molecular weight excluding hydrogens is 414 g/mol. The van der Waals surface area contributed by atoms with Crippen LogP contribution in [0, 0.1) is 6.92 Å². The number of nitrogens with zero attached hydrogens (tertiary/aromatic N) is 3. The summed E-state index contributed by atoms with van der Waals surface area (Å²) in [4.78, 5) is 24.5. The van der Waals surface area contributed by atoms with E-state index in [0.29, 0.717) is 23.7 Å². The van der Waals surface area contributed by atoms with E-state index in [4.69, 9.17) is 14.1 Å². The van der Waals surface area contributed by atoms with Crippen molar-refractivity contribution in [1.29, 1.82) is 0 Å². The number of likely N-dealkylation sites (tertiary alicyclic amines) is 1. The van der Waals surface area contributed by atoms with Crippen LogP contribution in [0.3, 0.4) is 0 Å². The first-order valence-electron chi connectivity index (χ1n) is 11.0. The van der Waals surface area contributed by atoms with Crippen LogP contribution in [-0.4, -0.2) is 54.6 Å². The number of nitrogens with one attached hydrogen (secondary N) is 2. The van der Waals surface area contributed by atoms with E-state index in [1.807, 2.05) is 32.9 Å². The van der Waals surface area contributed by atoms with E-state index in [2.05, 4.69) is 20.5 Å². The highest BCUT2D eigenvalue weighted by Crippen LogP contribution is 2.26. The molecule has 9 heteroatoms. The van der Waals surface area contributed by atoms with E-state index < -0.39 is 0 Å². The molecule has 1 saturated heterocycles. The second-order valence-electron chi connectivity index (χ2n) is 7.55. The van der Waals surface area contributed by atoms with E-state index >= 15 is 0 Å². The summed E-state index contributed by atoms with van der Waals surface area (Å²) in [7, 11) is 0. The van der Waals surface area contributed by atoms with Gasteiger partial charge < -0.3 is 19.8 Å². The van der Waals surface area contributed by atoms with Gasteiger partial charge in [0.25, 0.3) is 0 Å². The minimum absolute atomic E-state index is 0.0986. The molecule has 1 fully saturated rings. The van der Waals surface area contributed by atoms with E-state index in [1.54, 1.807) is 13.2 Å². The summed E-state index contributed by atoms with van der Waals surface area (Å²) in [6, 6.07) is 3.98. The van der Waals surface area contributed by atoms with Gasteiger partial charge in [0.15, 0.2) is 5.96 Å². The average molecular weight is 448 g/mol. The van der Waals surface area contributed by atoms with Gasteiger partial charge in [-0.2, -0.15) is 0 Å². The number of aromatic nitrogens is 1. The number of guanidine groups is 1. The summed E-state index contributed by atoms with van der Waals surface area (Å²) < 4.78 is 10.8. The molecule has 2 unspecified atom stereocenters. The Bertz CT molecular complexity index is 859. The van der Waals surface area contributed by atoms with Crippen LogP contribution in [0.4, 0.5) is 0 Å². The Morgan fingerprint density at radius 3 is 2.81 bits per heavy atom. The molecular formula is C22H33N5O3S. The topological polar surface area (TPSA) is 92.0 Å². The maximum absolute atomic E-state index is 12.1. The highest BCUT2D eigenvalue weighted by atomic mass is 32.1. The Morgan fingerprint density at radius 2 is 2.16 bits per heavy atom. The van der Waals surface area contributed by atoms with Crippen molar-refractivity contribution >= 4 is 23.3 Å². The predicted octanol–water partition coefficient (Wildman–Crippen LogP) is 3.67. The molecule has 1 aliphatic heterocycles. The van der Waals surface area contributed by atoms with Crippen molar-refractivity contribution in [2.75, 3.05) is 32.8 Å². The van der Waals surface area contributed by atoms with Crippen molar-refractivity contribution < 1.29 is 13.9 Å². The first kappa shape index (κ1) is 23.3. The summed E-state index contributed by atoms with van der Waals surface area (Å²) in [5.41, 5.74) is 0.695. The fraction of sp³-hybridized carbons (Fsp3) is 0.591. The lowest BCUT2D eigenvalue weighted by Crippen LogP contribution is -2.39. The van der Waals surface area contributed by atoms with Crippen LogP contribution in [-0.2, 0) is 4.74 Å². The molecule has 1 aliphatic rings. The number of esters is 1. The monoisotopic (exact) mass is 447 g/mol. The van der Waals surface area contributed by atoms with Gasteiger partial charge in [-0.3, -0.25) is 9.89 Å². The largest absolute Gasteiger partial charge is 0.468 e. The van der Waals surface area contributed by atoms with Crippen LogP contribution < -0.4 is 10.6 Å². The number of rotatable bonds is 9. The lowest BCUT2D eigenvalue weighted by molar-refractivity contribution is 0.0531. The Morgan fingerprint density at radius 1 is 1.39 bits per heavy atom. The number of hydrogen-bond acceptors (Lipinski definition) is 7. The fourth-order valence-corrected chi connectivity index (χ4v) is 4.64. The van der Waals surface area contributed by atoms with Crippen molar-refractivity contribution in [2.24, 2.45) is 4.99 Å². The zero-order chi connectivity index (χ0) is 22.2. The van der Waals surface area contributed by atoms with Gasteiger partial charge in [-0.25, -0.2) is 9.78 Å². The molecule has 31 heavy (non-hydrogen) atoms. The quantitative estimate of drug-likeness (QED) is 0.344. The molecule has 0 bridgehead atoms. The molecule has 0 radical (unpaired) electrons. The number of furan rings is 1. The first-order chi connectivity index (χ1) is 15.0. The zero-order valence-corrected chi connectivity index (χ0v) is 19.6. The van der Waals surface area contributed by atoms with Crippen LogP contribution >= 0.6 is 11.3 Å². The molecule has 0 aliphatic carbocycles. The van der Waals surface area contributed by atoms with E-state index in [1.165, 1.54) is 24.2 Å². The second-order valence-corrected chi connectivity index (χ2v) is 8.58. The summed E-state index contributed by atoms with van der Waals surface area (Å²) in [5.74, 6) is 1.35. The smallest absolute Gasteiger partial charge is 0.350 e. The minimum atomic E-state index is -0.316. The average Bonchev–Trinajstić information content (AvgIpc) is 3.51. The molecule has 0 aromatic carbocycles. The number of carbonyl (C=O) groups excluding carboxylic acids is 1. The number of thiazole rings is 1. The van der Waals surface area contributed by atoms with Gasteiger partial charge in [0.1, 0.15) is 15.6 Å². The standard InChI is InChI=1S/C22H33N5O3S/c1-5-23-22(24-14-17(18-10-9-13-30-18)27-11-7-8-12-27)26-16(4)20-25-15(3)19(31-20)21(28)29-6-2/h9-10,13,16-17H,5-8,11-12,14H2,1-4H3,(H2,23,24,26). The number of aliphatic imine (C=N–C) groups is 1. The van der Waals surface area contributed by atoms with Gasteiger partial charge in [-0.05, 0) is 65.8 Å². The molecule has 2 atom stereocenters. The fourth-order valence-electron chi connectivity index (χ4n) is 3.67. The second kappa shape index (κ2) is 11.3. The van der Waals surface area contributed by atoms with Crippen LogP contribution in [0.25, 0.3) is 0 Å². The summed E-state index contributed by atoms with van der Waals surface area (Å²) >= 11 is 1.36. The van der Waals surface area contributed by atoms with E-state index in [-0.39, 0.29) is 18.1 Å². The number of hydrogen-bond donors (Lipinski definition) is 2. The summed E-state index contributed by atoms with van der Waals surface area (Å²) in [6.07, 6.45) is 4.14. The Hall–Kier alpha value is -2.39. The molecule has 0 amide bonds. The van der Waals surface area contributed by atoms with Gasteiger partial charge in [-0.1, -0.05) is 0 Å². The van der Waals surface area contributed by atoms with Gasteiger partial charge >= 0.3 is 5.97 Å². The van der Waals surface area contributed by atoms with Gasteiger partial charge in [0, 0.05) is 6.54 Å². The van der Waals surface area contributed by atoms with Crippen molar-refractivity contribution in [2.45, 2.75) is 52.6 Å². The Balaban J connectivity index is 1.71. The van der Waals surface area contributed by atoms with Gasteiger partial charge in [0.05, 0.1) is 37.2 Å². The lowest BCUT2D eigenvalue weighted by Gasteiger charge is -2.25. The molecule has 3 rings (SSSR count). The lowest BCUT2D eigenvalue weighted by atomic mass is 10.2.